The molecule has 1 aromatic carbocycles. The number of carboxylic acid groups (broad SMARTS) is 1. The molecule has 0 spiro atoms. The van der Waals surface area contributed by atoms with Crippen molar-refractivity contribution in [1.82, 2.24) is 0 Å². The molecule has 1 aromatic rings. The van der Waals surface area contributed by atoms with Crippen molar-refractivity contribution in [1.29, 1.82) is 0 Å². The molecule has 0 radical (unpaired) electrons. The largest absolute Gasteiger partial charge is 0.479 e. The van der Waals surface area contributed by atoms with E-state index in [1.807, 2.05) is 6.92 Å². The van der Waals surface area contributed by atoms with E-state index in [1.54, 1.807) is 6.07 Å². The molecule has 6 heteroatoms. The van der Waals surface area contributed by atoms with Gasteiger partial charge in [-0.2, -0.15) is 0 Å². The topological polar surface area (TPSA) is 89.7 Å². The standard InChI is InChI=1S/C11H13NO5/c1-3-8-4-5-10(9(6-8)12(15)16)17-7(2)11(13)14/h4-7H,3H2,1-2H3,(H,13,14). The molecule has 0 saturated carbocycles. The molecule has 0 aliphatic carbocycles. The highest BCUT2D eigenvalue weighted by molar-refractivity contribution is 5.72. The number of rotatable bonds is 5. The lowest BCUT2D eigenvalue weighted by atomic mass is 10.1. The Bertz CT molecular complexity index is 443. The van der Waals surface area contributed by atoms with Gasteiger partial charge in [-0.05, 0) is 25.0 Å². The number of ether oxygens (including phenoxy) is 1. The van der Waals surface area contributed by atoms with Gasteiger partial charge in [0.1, 0.15) is 0 Å². The Morgan fingerprint density at radius 2 is 2.24 bits per heavy atom. The molecular weight excluding hydrogens is 226 g/mol. The van der Waals surface area contributed by atoms with E-state index < -0.39 is 17.0 Å². The summed E-state index contributed by atoms with van der Waals surface area (Å²) in [6, 6.07) is 4.50. The van der Waals surface area contributed by atoms with Crippen molar-refractivity contribution in [2.75, 3.05) is 0 Å². The monoisotopic (exact) mass is 239 g/mol. The molecule has 1 N–H and O–H groups in total. The zero-order chi connectivity index (χ0) is 13.0. The predicted molar refractivity (Wildman–Crippen MR) is 60.2 cm³/mol. The molecule has 0 heterocycles. The molecule has 0 aromatic heterocycles. The van der Waals surface area contributed by atoms with Crippen molar-refractivity contribution in [2.24, 2.45) is 0 Å². The fourth-order valence-corrected chi connectivity index (χ4v) is 1.27. The maximum atomic E-state index is 10.8. The fraction of sp³-hybridized carbons (Fsp3) is 0.364. The normalized spacial score (nSPS) is 11.9. The second-order valence-electron chi connectivity index (χ2n) is 3.51. The first kappa shape index (κ1) is 13.0. The van der Waals surface area contributed by atoms with Crippen LogP contribution in [0.5, 0.6) is 5.75 Å². The Balaban J connectivity index is 3.06. The highest BCUT2D eigenvalue weighted by Gasteiger charge is 2.20. The quantitative estimate of drug-likeness (QED) is 0.627. The van der Waals surface area contributed by atoms with Gasteiger partial charge in [0.15, 0.2) is 11.9 Å². The zero-order valence-corrected chi connectivity index (χ0v) is 9.54. The first-order valence-corrected chi connectivity index (χ1v) is 5.12. The number of aliphatic carboxylic acids is 1. The minimum atomic E-state index is -1.17. The third-order valence-electron chi connectivity index (χ3n) is 2.28. The number of carboxylic acids is 1. The van der Waals surface area contributed by atoms with E-state index in [2.05, 4.69) is 0 Å². The van der Waals surface area contributed by atoms with Crippen LogP contribution in [0.4, 0.5) is 5.69 Å². The van der Waals surface area contributed by atoms with Crippen LogP contribution in [0.15, 0.2) is 18.2 Å². The highest BCUT2D eigenvalue weighted by atomic mass is 16.6. The molecular formula is C11H13NO5. The van der Waals surface area contributed by atoms with Crippen molar-refractivity contribution in [3.63, 3.8) is 0 Å². The minimum absolute atomic E-state index is 0.0258. The van der Waals surface area contributed by atoms with Crippen LogP contribution >= 0.6 is 0 Å². The Labute approximate surface area is 98.0 Å². The van der Waals surface area contributed by atoms with E-state index in [0.29, 0.717) is 6.42 Å². The molecule has 0 fully saturated rings. The lowest BCUT2D eigenvalue weighted by Crippen LogP contribution is -2.23. The van der Waals surface area contributed by atoms with Gasteiger partial charge in [0.05, 0.1) is 4.92 Å². The molecule has 1 atom stereocenters. The number of carbonyl (C=O) groups is 1. The number of hydrogen-bond donors (Lipinski definition) is 1. The van der Waals surface area contributed by atoms with Crippen LogP contribution in [0, 0.1) is 10.1 Å². The molecule has 92 valence electrons. The van der Waals surface area contributed by atoms with Crippen molar-refractivity contribution in [2.45, 2.75) is 26.4 Å². The molecule has 1 rings (SSSR count). The van der Waals surface area contributed by atoms with Gasteiger partial charge in [-0.1, -0.05) is 13.0 Å². The van der Waals surface area contributed by atoms with Gasteiger partial charge in [-0.25, -0.2) is 4.79 Å². The number of nitrogens with zero attached hydrogens (tertiary/aromatic N) is 1. The van der Waals surface area contributed by atoms with Crippen molar-refractivity contribution >= 4 is 11.7 Å². The SMILES string of the molecule is CCc1ccc(OC(C)C(=O)O)c([N+](=O)[O-])c1. The van der Waals surface area contributed by atoms with Crippen LogP contribution in [0.2, 0.25) is 0 Å². The second-order valence-corrected chi connectivity index (χ2v) is 3.51. The third-order valence-corrected chi connectivity index (χ3v) is 2.28. The van der Waals surface area contributed by atoms with E-state index in [9.17, 15) is 14.9 Å². The van der Waals surface area contributed by atoms with E-state index in [1.165, 1.54) is 19.1 Å². The van der Waals surface area contributed by atoms with E-state index in [4.69, 9.17) is 9.84 Å². The van der Waals surface area contributed by atoms with Crippen LogP contribution in [0.1, 0.15) is 19.4 Å². The number of nitro benzene ring substituents is 1. The van der Waals surface area contributed by atoms with Gasteiger partial charge in [0.25, 0.3) is 0 Å². The average molecular weight is 239 g/mol. The lowest BCUT2D eigenvalue weighted by molar-refractivity contribution is -0.386. The van der Waals surface area contributed by atoms with Gasteiger partial charge in [0, 0.05) is 6.07 Å². The summed E-state index contributed by atoms with van der Waals surface area (Å²) in [6.07, 6.45) is -0.462. The summed E-state index contributed by atoms with van der Waals surface area (Å²) in [5, 5.41) is 19.5. The summed E-state index contributed by atoms with van der Waals surface area (Å²) in [5.41, 5.74) is 0.587. The highest BCUT2D eigenvalue weighted by Crippen LogP contribution is 2.29. The molecule has 0 aliphatic rings. The number of hydrogen-bond acceptors (Lipinski definition) is 4. The number of benzene rings is 1. The maximum Gasteiger partial charge on any atom is 0.344 e. The van der Waals surface area contributed by atoms with Crippen molar-refractivity contribution < 1.29 is 19.6 Å². The van der Waals surface area contributed by atoms with Gasteiger partial charge < -0.3 is 9.84 Å². The fourth-order valence-electron chi connectivity index (χ4n) is 1.27. The van der Waals surface area contributed by atoms with E-state index in [0.717, 1.165) is 5.56 Å². The summed E-state index contributed by atoms with van der Waals surface area (Å²) in [4.78, 5) is 20.9. The molecule has 0 saturated heterocycles. The Morgan fingerprint density at radius 3 is 2.71 bits per heavy atom. The smallest absolute Gasteiger partial charge is 0.344 e. The molecule has 1 unspecified atom stereocenters. The molecule has 0 amide bonds. The van der Waals surface area contributed by atoms with Crippen LogP contribution in [0.3, 0.4) is 0 Å². The van der Waals surface area contributed by atoms with Crippen LogP contribution in [0.25, 0.3) is 0 Å². The Morgan fingerprint density at radius 1 is 1.59 bits per heavy atom. The molecule has 0 bridgehead atoms. The first-order valence-electron chi connectivity index (χ1n) is 5.12. The van der Waals surface area contributed by atoms with Crippen molar-refractivity contribution in [3.8, 4) is 5.75 Å². The first-order chi connectivity index (χ1) is 7.95. The molecule has 0 aliphatic heterocycles. The Kier molecular flexibility index (Phi) is 4.03. The minimum Gasteiger partial charge on any atom is -0.479 e. The third kappa shape index (κ3) is 3.17. The average Bonchev–Trinajstić information content (AvgIpc) is 2.29. The zero-order valence-electron chi connectivity index (χ0n) is 9.54. The van der Waals surface area contributed by atoms with Gasteiger partial charge in [-0.3, -0.25) is 10.1 Å². The summed E-state index contributed by atoms with van der Waals surface area (Å²) < 4.78 is 5.03. The van der Waals surface area contributed by atoms with Crippen LogP contribution < -0.4 is 4.74 Å². The number of aryl methyl sites for hydroxylation is 1. The van der Waals surface area contributed by atoms with E-state index in [-0.39, 0.29) is 11.4 Å². The summed E-state index contributed by atoms with van der Waals surface area (Å²) >= 11 is 0. The van der Waals surface area contributed by atoms with Crippen LogP contribution in [-0.4, -0.2) is 22.1 Å². The molecule has 6 nitrogen and oxygen atoms in total. The Hall–Kier alpha value is -2.11. The maximum absolute atomic E-state index is 10.8. The summed E-state index contributed by atoms with van der Waals surface area (Å²) in [7, 11) is 0. The summed E-state index contributed by atoms with van der Waals surface area (Å²) in [6.45, 7) is 3.19. The van der Waals surface area contributed by atoms with E-state index >= 15 is 0 Å². The lowest BCUT2D eigenvalue weighted by Gasteiger charge is -2.10. The molecule has 17 heavy (non-hydrogen) atoms. The predicted octanol–water partition coefficient (Wildman–Crippen LogP) is 2.01. The van der Waals surface area contributed by atoms with Gasteiger partial charge in [0.2, 0.25) is 0 Å². The second kappa shape index (κ2) is 5.29. The van der Waals surface area contributed by atoms with Crippen molar-refractivity contribution in [3.05, 3.63) is 33.9 Å². The summed E-state index contributed by atoms with van der Waals surface area (Å²) in [5.74, 6) is -1.19. The van der Waals surface area contributed by atoms with Gasteiger partial charge in [-0.15, -0.1) is 0 Å². The van der Waals surface area contributed by atoms with Crippen LogP contribution in [-0.2, 0) is 11.2 Å². The van der Waals surface area contributed by atoms with Gasteiger partial charge >= 0.3 is 11.7 Å². The number of nitro groups is 1.